The molecule has 0 aliphatic heterocycles. The summed E-state index contributed by atoms with van der Waals surface area (Å²) >= 11 is 0. The van der Waals surface area contributed by atoms with Gasteiger partial charge in [-0.05, 0) is 63.2 Å². The lowest BCUT2D eigenvalue weighted by molar-refractivity contribution is 0.0475. The third-order valence-electron chi connectivity index (χ3n) is 5.14. The molecule has 5 nitrogen and oxygen atoms in total. The number of aromatic nitrogens is 2. The number of H-pyrrole nitrogens is 1. The largest absolute Gasteiger partial charge is 0.454 e. The Morgan fingerprint density at radius 3 is 2.24 bits per heavy atom. The molecule has 0 saturated heterocycles. The van der Waals surface area contributed by atoms with Gasteiger partial charge in [0.1, 0.15) is 0 Å². The second-order valence-electron chi connectivity index (χ2n) is 7.17. The number of rotatable bonds is 5. The van der Waals surface area contributed by atoms with E-state index in [-0.39, 0.29) is 12.4 Å². The summed E-state index contributed by atoms with van der Waals surface area (Å²) in [7, 11) is 0. The molecule has 2 heterocycles. The molecule has 29 heavy (non-hydrogen) atoms. The first-order valence-corrected chi connectivity index (χ1v) is 9.48. The van der Waals surface area contributed by atoms with Crippen LogP contribution in [-0.2, 0) is 4.74 Å². The summed E-state index contributed by atoms with van der Waals surface area (Å²) in [5, 5.41) is 0.841. The predicted octanol–water partition coefficient (Wildman–Crippen LogP) is 4.92. The van der Waals surface area contributed by atoms with Crippen LogP contribution in [0.2, 0.25) is 0 Å². The molecule has 0 saturated carbocycles. The first kappa shape index (κ1) is 18.7. The Morgan fingerprint density at radius 1 is 0.897 bits per heavy atom. The molecule has 0 aliphatic carbocycles. The van der Waals surface area contributed by atoms with Gasteiger partial charge in [-0.25, -0.2) is 4.79 Å². The Labute approximate surface area is 168 Å². The Morgan fingerprint density at radius 2 is 1.55 bits per heavy atom. The second kappa shape index (κ2) is 7.43. The monoisotopic (exact) mass is 386 g/mol. The van der Waals surface area contributed by atoms with Crippen LogP contribution in [0, 0.1) is 20.8 Å². The highest BCUT2D eigenvalue weighted by Crippen LogP contribution is 2.22. The van der Waals surface area contributed by atoms with E-state index in [2.05, 4.69) is 21.7 Å². The molecule has 0 aliphatic rings. The van der Waals surface area contributed by atoms with E-state index in [0.29, 0.717) is 11.1 Å². The normalized spacial score (nSPS) is 11.0. The number of esters is 1. The van der Waals surface area contributed by atoms with Gasteiger partial charge in [-0.1, -0.05) is 18.2 Å². The molecule has 5 heteroatoms. The van der Waals surface area contributed by atoms with Gasteiger partial charge in [0.15, 0.2) is 6.61 Å². The standard InChI is InChI=1S/C24H22N2O3/c1-15-8-9-16(2)26(15)19-12-10-18(11-13-19)24(28)29-14-22(27)23-17(3)25-21-7-5-4-6-20(21)23/h4-13,25H,14H2,1-3H3. The zero-order valence-corrected chi connectivity index (χ0v) is 16.7. The van der Waals surface area contributed by atoms with Gasteiger partial charge >= 0.3 is 5.97 Å². The van der Waals surface area contributed by atoms with Crippen molar-refractivity contribution < 1.29 is 14.3 Å². The van der Waals surface area contributed by atoms with Crippen molar-refractivity contribution in [2.75, 3.05) is 6.61 Å². The number of para-hydroxylation sites is 1. The number of ketones is 1. The van der Waals surface area contributed by atoms with Gasteiger partial charge in [-0.3, -0.25) is 4.79 Å². The van der Waals surface area contributed by atoms with Crippen molar-refractivity contribution in [1.29, 1.82) is 0 Å². The number of aryl methyl sites for hydroxylation is 3. The highest BCUT2D eigenvalue weighted by Gasteiger charge is 2.18. The van der Waals surface area contributed by atoms with Crippen molar-refractivity contribution >= 4 is 22.7 Å². The number of nitrogens with one attached hydrogen (secondary N) is 1. The molecule has 0 fully saturated rings. The highest BCUT2D eigenvalue weighted by atomic mass is 16.5. The molecule has 2 aromatic heterocycles. The van der Waals surface area contributed by atoms with Gasteiger partial charge in [0.25, 0.3) is 0 Å². The predicted molar refractivity (Wildman–Crippen MR) is 113 cm³/mol. The lowest BCUT2D eigenvalue weighted by atomic mass is 10.1. The number of carbonyl (C=O) groups is 2. The molecule has 0 atom stereocenters. The molecule has 0 amide bonds. The first-order chi connectivity index (χ1) is 14.0. The van der Waals surface area contributed by atoms with Crippen LogP contribution in [0.3, 0.4) is 0 Å². The summed E-state index contributed by atoms with van der Waals surface area (Å²) in [4.78, 5) is 28.3. The fourth-order valence-corrected chi connectivity index (χ4v) is 3.74. The minimum atomic E-state index is -0.511. The second-order valence-corrected chi connectivity index (χ2v) is 7.17. The fourth-order valence-electron chi connectivity index (χ4n) is 3.74. The maximum atomic E-state index is 12.7. The van der Waals surface area contributed by atoms with Crippen molar-refractivity contribution in [3.63, 3.8) is 0 Å². The minimum absolute atomic E-state index is 0.219. The van der Waals surface area contributed by atoms with Gasteiger partial charge < -0.3 is 14.3 Å². The van der Waals surface area contributed by atoms with E-state index in [1.165, 1.54) is 0 Å². The maximum absolute atomic E-state index is 12.7. The Kier molecular flexibility index (Phi) is 4.80. The zero-order chi connectivity index (χ0) is 20.5. The summed E-state index contributed by atoms with van der Waals surface area (Å²) in [6.07, 6.45) is 0. The number of fused-ring (bicyclic) bond motifs is 1. The molecule has 4 rings (SSSR count). The van der Waals surface area contributed by atoms with Crippen molar-refractivity contribution in [1.82, 2.24) is 9.55 Å². The third-order valence-corrected chi connectivity index (χ3v) is 5.14. The molecule has 0 radical (unpaired) electrons. The Bertz CT molecular complexity index is 1190. The molecular weight excluding hydrogens is 364 g/mol. The maximum Gasteiger partial charge on any atom is 0.338 e. The van der Waals surface area contributed by atoms with E-state index in [9.17, 15) is 9.59 Å². The van der Waals surface area contributed by atoms with Crippen molar-refractivity contribution in [2.24, 2.45) is 0 Å². The van der Waals surface area contributed by atoms with Crippen LogP contribution in [0.15, 0.2) is 60.7 Å². The van der Waals surface area contributed by atoms with Gasteiger partial charge in [0.2, 0.25) is 5.78 Å². The van der Waals surface area contributed by atoms with Gasteiger partial charge in [-0.15, -0.1) is 0 Å². The summed E-state index contributed by atoms with van der Waals surface area (Å²) < 4.78 is 7.40. The molecule has 146 valence electrons. The lowest BCUT2D eigenvalue weighted by Crippen LogP contribution is -2.15. The molecule has 1 N–H and O–H groups in total. The molecule has 0 spiro atoms. The SMILES string of the molecule is Cc1[nH]c2ccccc2c1C(=O)COC(=O)c1ccc(-n2c(C)ccc2C)cc1. The third kappa shape index (κ3) is 3.47. The molecule has 0 bridgehead atoms. The zero-order valence-electron chi connectivity index (χ0n) is 16.7. The fraction of sp³-hybridized carbons (Fsp3) is 0.167. The highest BCUT2D eigenvalue weighted by molar-refractivity contribution is 6.10. The minimum Gasteiger partial charge on any atom is -0.454 e. The van der Waals surface area contributed by atoms with Gasteiger partial charge in [0, 0.05) is 39.2 Å². The topological polar surface area (TPSA) is 64.1 Å². The van der Waals surface area contributed by atoms with Crippen LogP contribution in [0.1, 0.15) is 37.8 Å². The summed E-state index contributed by atoms with van der Waals surface area (Å²) in [5.74, 6) is -0.730. The number of carbonyl (C=O) groups excluding carboxylic acids is 2. The van der Waals surface area contributed by atoms with E-state index in [4.69, 9.17) is 4.74 Å². The van der Waals surface area contributed by atoms with E-state index < -0.39 is 5.97 Å². The Balaban J connectivity index is 1.47. The van der Waals surface area contributed by atoms with Crippen LogP contribution in [0.25, 0.3) is 16.6 Å². The number of ether oxygens (including phenoxy) is 1. The summed E-state index contributed by atoms with van der Waals surface area (Å²) in [6, 6.07) is 18.9. The quantitative estimate of drug-likeness (QED) is 0.391. The van der Waals surface area contributed by atoms with Crippen molar-refractivity contribution in [3.8, 4) is 5.69 Å². The molecule has 4 aromatic rings. The smallest absolute Gasteiger partial charge is 0.338 e. The number of Topliss-reactive ketones (excluding diaryl/α,β-unsaturated/α-hetero) is 1. The molecule has 2 aromatic carbocycles. The number of nitrogens with zero attached hydrogens (tertiary/aromatic N) is 1. The van der Waals surface area contributed by atoms with E-state index in [0.717, 1.165) is 33.7 Å². The van der Waals surface area contributed by atoms with E-state index in [1.807, 2.05) is 57.2 Å². The summed E-state index contributed by atoms with van der Waals surface area (Å²) in [6.45, 7) is 5.62. The number of hydrogen-bond donors (Lipinski definition) is 1. The van der Waals surface area contributed by atoms with Crippen molar-refractivity contribution in [3.05, 3.63) is 88.9 Å². The van der Waals surface area contributed by atoms with Gasteiger partial charge in [0.05, 0.1) is 5.56 Å². The van der Waals surface area contributed by atoms with Crippen LogP contribution in [0.4, 0.5) is 0 Å². The van der Waals surface area contributed by atoms with E-state index in [1.54, 1.807) is 12.1 Å². The van der Waals surface area contributed by atoms with Crippen LogP contribution >= 0.6 is 0 Å². The Hall–Kier alpha value is -3.60. The van der Waals surface area contributed by atoms with Crippen molar-refractivity contribution in [2.45, 2.75) is 20.8 Å². The molecular formula is C24H22N2O3. The van der Waals surface area contributed by atoms with E-state index >= 15 is 0 Å². The number of aromatic amines is 1. The van der Waals surface area contributed by atoms with Crippen LogP contribution < -0.4 is 0 Å². The van der Waals surface area contributed by atoms with Gasteiger partial charge in [-0.2, -0.15) is 0 Å². The number of benzene rings is 2. The number of hydrogen-bond acceptors (Lipinski definition) is 3. The lowest BCUT2D eigenvalue weighted by Gasteiger charge is -2.10. The average molecular weight is 386 g/mol. The summed E-state index contributed by atoms with van der Waals surface area (Å²) in [5.41, 5.74) is 5.88. The molecule has 0 unspecified atom stereocenters. The first-order valence-electron chi connectivity index (χ1n) is 9.48. The van der Waals surface area contributed by atoms with Crippen LogP contribution in [-0.4, -0.2) is 27.9 Å². The van der Waals surface area contributed by atoms with Crippen LogP contribution in [0.5, 0.6) is 0 Å². The average Bonchev–Trinajstić information content (AvgIpc) is 3.23.